The van der Waals surface area contributed by atoms with E-state index in [4.69, 9.17) is 4.52 Å². The van der Waals surface area contributed by atoms with E-state index in [1.807, 2.05) is 17.2 Å². The van der Waals surface area contributed by atoms with Gasteiger partial charge in [-0.2, -0.15) is 0 Å². The average Bonchev–Trinajstić information content (AvgIpc) is 2.03. The van der Waals surface area contributed by atoms with E-state index in [-0.39, 0.29) is 10.3 Å². The van der Waals surface area contributed by atoms with Gasteiger partial charge in [-0.15, -0.1) is 0 Å². The minimum atomic E-state index is -0.438. The molecule has 1 rings (SSSR count). The Morgan fingerprint density at radius 1 is 1.36 bits per heavy atom. The maximum atomic E-state index is 5.82. The molecule has 1 aliphatic rings. The summed E-state index contributed by atoms with van der Waals surface area (Å²) in [5.41, 5.74) is -0.0163. The molecule has 0 N–H and O–H groups in total. The molecule has 0 aromatic carbocycles. The largest absolute Gasteiger partial charge is 0.337 e. The third kappa shape index (κ3) is 1.63. The van der Waals surface area contributed by atoms with Crippen LogP contribution in [0.5, 0.6) is 0 Å². The quantitative estimate of drug-likeness (QED) is 0.582. The van der Waals surface area contributed by atoms with E-state index < -0.39 is 7.35 Å². The van der Waals surface area contributed by atoms with Crippen LogP contribution >= 0.6 is 18.7 Å². The number of rotatable bonds is 1. The molecular formula is C8H15OPS. The molecule has 11 heavy (non-hydrogen) atoms. The molecule has 1 nitrogen and oxygen atoms in total. The van der Waals surface area contributed by atoms with Crippen molar-refractivity contribution in [1.29, 1.82) is 0 Å². The molecule has 0 aromatic heterocycles. The van der Waals surface area contributed by atoms with E-state index in [1.54, 1.807) is 0 Å². The molecule has 0 spiro atoms. The van der Waals surface area contributed by atoms with Crippen molar-refractivity contribution in [1.82, 2.24) is 0 Å². The van der Waals surface area contributed by atoms with Crippen LogP contribution in [0.2, 0.25) is 0 Å². The van der Waals surface area contributed by atoms with Crippen molar-refractivity contribution in [3.63, 3.8) is 0 Å². The van der Waals surface area contributed by atoms with Crippen LogP contribution in [0.1, 0.15) is 27.7 Å². The number of hydrogen-bond donors (Lipinski definition) is 0. The van der Waals surface area contributed by atoms with Crippen LogP contribution in [-0.2, 0) is 4.52 Å². The molecule has 64 valence electrons. The summed E-state index contributed by atoms with van der Waals surface area (Å²) < 4.78 is 6.04. The lowest BCUT2D eigenvalue weighted by Crippen LogP contribution is -2.38. The zero-order valence-corrected chi connectivity index (χ0v) is 9.26. The second-order valence-corrected chi connectivity index (χ2v) is 7.62. The van der Waals surface area contributed by atoms with E-state index in [0.717, 1.165) is 0 Å². The molecular weight excluding hydrogens is 175 g/mol. The Balaban J connectivity index is 2.79. The van der Waals surface area contributed by atoms with Gasteiger partial charge in [0.2, 0.25) is 0 Å². The molecule has 1 aliphatic heterocycles. The van der Waals surface area contributed by atoms with Gasteiger partial charge < -0.3 is 4.52 Å². The minimum absolute atomic E-state index is 0.0163. The highest BCUT2D eigenvalue weighted by Gasteiger charge is 2.48. The van der Waals surface area contributed by atoms with Crippen LogP contribution in [0.4, 0.5) is 0 Å². The van der Waals surface area contributed by atoms with Gasteiger partial charge in [0.25, 0.3) is 0 Å². The second kappa shape index (κ2) is 2.76. The van der Waals surface area contributed by atoms with Crippen molar-refractivity contribution in [2.24, 2.45) is 0 Å². The van der Waals surface area contributed by atoms with Crippen LogP contribution < -0.4 is 0 Å². The first-order valence-corrected chi connectivity index (χ1v) is 6.44. The van der Waals surface area contributed by atoms with Gasteiger partial charge in [0, 0.05) is 4.75 Å². The molecule has 0 radical (unpaired) electrons. The minimum Gasteiger partial charge on any atom is -0.337 e. The topological polar surface area (TPSA) is 9.23 Å². The fraction of sp³-hybridized carbons (Fsp3) is 0.750. The normalized spacial score (nSPS) is 33.6. The van der Waals surface area contributed by atoms with Crippen molar-refractivity contribution < 1.29 is 4.52 Å². The fourth-order valence-electron chi connectivity index (χ4n) is 0.763. The van der Waals surface area contributed by atoms with Gasteiger partial charge in [-0.1, -0.05) is 18.0 Å². The molecule has 1 unspecified atom stereocenters. The Morgan fingerprint density at radius 3 is 2.09 bits per heavy atom. The molecule has 1 heterocycles. The lowest BCUT2D eigenvalue weighted by atomic mass is 9.94. The summed E-state index contributed by atoms with van der Waals surface area (Å²) in [6.07, 6.45) is 0. The van der Waals surface area contributed by atoms with Crippen molar-refractivity contribution in [2.45, 2.75) is 38.0 Å². The zero-order chi connectivity index (χ0) is 8.70. The van der Waals surface area contributed by atoms with E-state index in [9.17, 15) is 0 Å². The van der Waals surface area contributed by atoms with Crippen LogP contribution in [0, 0.1) is 0 Å². The third-order valence-corrected chi connectivity index (χ3v) is 6.88. The van der Waals surface area contributed by atoms with Gasteiger partial charge >= 0.3 is 0 Å². The predicted molar refractivity (Wildman–Crippen MR) is 54.0 cm³/mol. The van der Waals surface area contributed by atoms with E-state index >= 15 is 0 Å². The molecule has 0 bridgehead atoms. The van der Waals surface area contributed by atoms with Crippen LogP contribution in [0.25, 0.3) is 0 Å². The van der Waals surface area contributed by atoms with Gasteiger partial charge in [-0.05, 0) is 33.5 Å². The molecule has 1 fully saturated rings. The monoisotopic (exact) mass is 190 g/mol. The van der Waals surface area contributed by atoms with Crippen molar-refractivity contribution >= 4 is 18.7 Å². The van der Waals surface area contributed by atoms with Crippen molar-refractivity contribution in [2.75, 3.05) is 0 Å². The molecule has 0 amide bonds. The van der Waals surface area contributed by atoms with Crippen LogP contribution in [0.15, 0.2) is 12.4 Å². The first-order chi connectivity index (χ1) is 4.89. The van der Waals surface area contributed by atoms with Crippen LogP contribution in [0.3, 0.4) is 0 Å². The maximum absolute atomic E-state index is 5.82. The summed E-state index contributed by atoms with van der Waals surface area (Å²) in [7, 11) is -0.438. The Morgan fingerprint density at radius 2 is 1.91 bits per heavy atom. The Kier molecular flexibility index (Phi) is 2.40. The van der Waals surface area contributed by atoms with Gasteiger partial charge in [0.15, 0.2) is 0 Å². The Labute approximate surface area is 74.2 Å². The standard InChI is InChI=1S/C8H15OPS/c1-6-10-9-7(2,3)8(4,5)11-10/h6H,1H2,2-5H3. The summed E-state index contributed by atoms with van der Waals surface area (Å²) >= 11 is 1.90. The van der Waals surface area contributed by atoms with E-state index in [1.165, 1.54) is 0 Å². The second-order valence-electron chi connectivity index (χ2n) is 3.67. The first kappa shape index (κ1) is 9.57. The predicted octanol–water partition coefficient (Wildman–Crippen LogP) is 3.76. The summed E-state index contributed by atoms with van der Waals surface area (Å²) in [4.78, 5) is 0. The summed E-state index contributed by atoms with van der Waals surface area (Å²) in [5, 5.41) is 0. The van der Waals surface area contributed by atoms with E-state index in [2.05, 4.69) is 34.3 Å². The molecule has 1 atom stereocenters. The van der Waals surface area contributed by atoms with Gasteiger partial charge in [-0.25, -0.2) is 0 Å². The molecule has 0 aliphatic carbocycles. The highest BCUT2D eigenvalue weighted by atomic mass is 32.7. The Bertz CT molecular complexity index is 161. The highest BCUT2D eigenvalue weighted by Crippen LogP contribution is 2.69. The fourth-order valence-corrected chi connectivity index (χ4v) is 5.30. The lowest BCUT2D eigenvalue weighted by molar-refractivity contribution is 0.107. The molecule has 0 saturated carbocycles. The first-order valence-electron chi connectivity index (χ1n) is 3.69. The zero-order valence-electron chi connectivity index (χ0n) is 7.55. The van der Waals surface area contributed by atoms with Crippen LogP contribution in [-0.4, -0.2) is 10.3 Å². The summed E-state index contributed by atoms with van der Waals surface area (Å²) in [6.45, 7) is 12.5. The summed E-state index contributed by atoms with van der Waals surface area (Å²) in [6, 6.07) is 0. The van der Waals surface area contributed by atoms with Gasteiger partial charge in [0.05, 0.1) is 5.60 Å². The average molecular weight is 190 g/mol. The van der Waals surface area contributed by atoms with Crippen molar-refractivity contribution in [3.8, 4) is 0 Å². The smallest absolute Gasteiger partial charge is 0.114 e. The number of hydrogen-bond acceptors (Lipinski definition) is 2. The molecule has 0 aromatic rings. The van der Waals surface area contributed by atoms with E-state index in [0.29, 0.717) is 0 Å². The van der Waals surface area contributed by atoms with Gasteiger partial charge in [0.1, 0.15) is 7.35 Å². The Hall–Kier alpha value is 0.480. The lowest BCUT2D eigenvalue weighted by Gasteiger charge is -2.30. The SMILES string of the molecule is C=CP1OC(C)(C)C(C)(C)S1. The third-order valence-electron chi connectivity index (χ3n) is 2.24. The summed E-state index contributed by atoms with van der Waals surface area (Å²) in [5.74, 6) is 1.93. The van der Waals surface area contributed by atoms with Gasteiger partial charge in [-0.3, -0.25) is 0 Å². The molecule has 1 saturated heterocycles. The molecule has 3 heteroatoms. The maximum Gasteiger partial charge on any atom is 0.114 e. The highest BCUT2D eigenvalue weighted by molar-refractivity contribution is 8.56. The van der Waals surface area contributed by atoms with Crippen molar-refractivity contribution in [3.05, 3.63) is 12.4 Å².